The smallest absolute Gasteiger partial charge is 0.243 e. The van der Waals surface area contributed by atoms with E-state index in [9.17, 15) is 19.2 Å². The zero-order valence-corrected chi connectivity index (χ0v) is 78.9. The van der Waals surface area contributed by atoms with Gasteiger partial charge in [-0.05, 0) is 190 Å². The number of H-pyrrole nitrogens is 3. The number of primary amides is 1. The molecule has 0 bridgehead atoms. The summed E-state index contributed by atoms with van der Waals surface area (Å²) in [5.41, 5.74) is 42.5. The molecule has 0 spiro atoms. The van der Waals surface area contributed by atoms with Crippen molar-refractivity contribution in [3.05, 3.63) is 234 Å². The van der Waals surface area contributed by atoms with Gasteiger partial charge < -0.3 is 109 Å². The molecule has 0 radical (unpaired) electrons. The first-order chi connectivity index (χ1) is 65.3. The molecule has 0 aliphatic heterocycles. The summed E-state index contributed by atoms with van der Waals surface area (Å²) in [4.78, 5) is 211. The summed E-state index contributed by atoms with van der Waals surface area (Å²) < 4.78 is 0. The summed E-state index contributed by atoms with van der Waals surface area (Å²) in [7, 11) is 0. The third-order valence-corrected chi connectivity index (χ3v) is 24.7. The van der Waals surface area contributed by atoms with Crippen molar-refractivity contribution in [3.63, 3.8) is 0 Å². The number of nitrogens with zero attached hydrogens (tertiary/aromatic N) is 12. The molecule has 6 aromatic carbocycles. The molecule has 726 valence electrons. The van der Waals surface area contributed by atoms with Crippen molar-refractivity contribution in [3.8, 4) is 0 Å². The molecule has 135 heavy (non-hydrogen) atoms. The fourth-order valence-electron chi connectivity index (χ4n) is 16.5. The molecule has 9 aromatic rings. The number of carbonyl (C=O) groups is 12. The number of carbonyl (C=O) groups excluding carboxylic acids is 12. The number of benzene rings is 6. The normalized spacial score (nSPS) is 12.1. The van der Waals surface area contributed by atoms with E-state index in [1.54, 1.807) is 107 Å². The minimum absolute atomic E-state index is 0.0275. The zero-order chi connectivity index (χ0) is 97.0. The fraction of sp³-hybridized carbons (Fsp3) is 0.455. The number of unbranched alkanes of at least 4 members (excludes halogenated alkanes) is 5. The Morgan fingerprint density at radius 1 is 0.304 bits per heavy atom. The van der Waals surface area contributed by atoms with E-state index in [1.807, 2.05) is 109 Å². The average molecular weight is 1850 g/mol. The number of aromatic nitrogens is 4. The quantitative estimate of drug-likeness (QED) is 0.0186. The highest BCUT2D eigenvalue weighted by Crippen LogP contribution is 2.29. The highest BCUT2D eigenvalue weighted by atomic mass is 16.2. The van der Waals surface area contributed by atoms with Gasteiger partial charge in [0, 0.05) is 92.6 Å². The van der Waals surface area contributed by atoms with Crippen LogP contribution in [0.25, 0.3) is 21.8 Å². The Kier molecular flexibility index (Phi) is 44.0. The van der Waals surface area contributed by atoms with Crippen molar-refractivity contribution >= 4 is 92.7 Å². The Labute approximate surface area is 792 Å². The predicted molar refractivity (Wildman–Crippen MR) is 522 cm³/mol. The van der Waals surface area contributed by atoms with Crippen LogP contribution in [0.2, 0.25) is 0 Å². The van der Waals surface area contributed by atoms with Gasteiger partial charge >= 0.3 is 0 Å². The van der Waals surface area contributed by atoms with E-state index in [2.05, 4.69) is 25.3 Å². The molecule has 34 nitrogen and oxygen atoms in total. The minimum atomic E-state index is -0.853. The summed E-state index contributed by atoms with van der Waals surface area (Å²) in [6.07, 6.45) is 12.7. The van der Waals surface area contributed by atoms with E-state index >= 15 is 38.4 Å². The summed E-state index contributed by atoms with van der Waals surface area (Å²) in [5.74, 6) is -7.24. The molecule has 16 N–H and O–H groups in total. The van der Waals surface area contributed by atoms with Gasteiger partial charge in [-0.15, -0.1) is 0 Å². The number of nitrogens with two attached hydrogens (primary N) is 6. The first-order valence-electron chi connectivity index (χ1n) is 47.2. The van der Waals surface area contributed by atoms with E-state index in [-0.39, 0.29) is 90.9 Å². The van der Waals surface area contributed by atoms with Gasteiger partial charge in [0.2, 0.25) is 70.9 Å². The topological polar surface area (TPSA) is 469 Å². The summed E-state index contributed by atoms with van der Waals surface area (Å²) in [6.45, 7) is 3.57. The highest BCUT2D eigenvalue weighted by Gasteiger charge is 2.38. The SMILES string of the molecule is C[C@@H](c1ccccc1)N(CC(=O)N(CCCCN)CC(=O)N(CC(=O)N(CC(=O)N(CCCCN)CC(=O)N(CCCCN)CC(=O)N(CCc1c[nH]cn1)CC(N)=O)[C@@H](C)c1ccccc1)[C@@H](C)c1ccccc1)C(=O)CN(C(=O)CN(CCCCN)C(=O)CN(CCc1c[nH]c2ccccc12)C(=O)CN(CCc1c[nH]c2ccccc12)C(=O)CNCCCCN)[C@@H](C)c1ccccc1. The molecule has 3 heterocycles. The molecule has 3 aromatic heterocycles. The van der Waals surface area contributed by atoms with Gasteiger partial charge in [-0.1, -0.05) is 158 Å². The lowest BCUT2D eigenvalue weighted by atomic mass is 10.0. The molecule has 0 aliphatic rings. The van der Waals surface area contributed by atoms with Crippen LogP contribution in [0.1, 0.15) is 155 Å². The van der Waals surface area contributed by atoms with E-state index < -0.39 is 155 Å². The van der Waals surface area contributed by atoms with Crippen LogP contribution in [0.5, 0.6) is 0 Å². The molecule has 12 amide bonds. The summed E-state index contributed by atoms with van der Waals surface area (Å²) in [5, 5.41) is 5.14. The maximum absolute atomic E-state index is 16.1. The molecule has 34 heteroatoms. The molecule has 9 rings (SSSR count). The lowest BCUT2D eigenvalue weighted by Gasteiger charge is -2.37. The Morgan fingerprint density at radius 3 is 0.904 bits per heavy atom. The second-order valence-corrected chi connectivity index (χ2v) is 34.3. The molecule has 4 atom stereocenters. The van der Waals surface area contributed by atoms with Gasteiger partial charge in [0.25, 0.3) is 0 Å². The first-order valence-corrected chi connectivity index (χ1v) is 47.2. The number of amides is 12. The van der Waals surface area contributed by atoms with Crippen molar-refractivity contribution in [2.24, 2.45) is 34.4 Å². The van der Waals surface area contributed by atoms with Gasteiger partial charge in [0.15, 0.2) is 0 Å². The molecule has 0 aliphatic carbocycles. The lowest BCUT2D eigenvalue weighted by Crippen LogP contribution is -2.54. The standard InChI is InChI=1S/C101H140N22O12/c1-75(79-31-9-5-10-32-79)120(70-96(130)114(53-28-23-48-104)64-92(126)113(52-27-22-47-103)65-94(128)117(63-90(107)124)58-45-85-61-109-74-112-85)100(134)73-123(78(4)82-37-15-8-16-38-82)99(133)69-116(55-30-25-50-106)97(131)71-121(76(2)80-33-11-6-12-34-80)101(135)72-122(77(3)81-35-13-7-14-36-81)98(132)68-115(54-29-24-49-105)93(127)67-119(57-44-84-60-111-89-42-20-18-40-87(84)89)95(129)66-118(91(125)62-108-51-26-21-46-102)56-43-83-59-110-88-41-19-17-39-86(83)88/h5-20,31-42,59-61,74-78,108,110-111H,21-30,43-58,62-73,102-106H2,1-4H3,(H2,107,124)(H,109,112)/t75-,76-,77-,78-/m0/s1. The lowest BCUT2D eigenvalue weighted by molar-refractivity contribution is -0.151. The predicted octanol–water partition coefficient (Wildman–Crippen LogP) is 6.33. The molecule has 0 unspecified atom stereocenters. The minimum Gasteiger partial charge on any atom is -0.368 e. The van der Waals surface area contributed by atoms with Gasteiger partial charge in [0.1, 0.15) is 26.2 Å². The summed E-state index contributed by atoms with van der Waals surface area (Å²) in [6, 6.07) is 48.3. The van der Waals surface area contributed by atoms with E-state index in [1.165, 1.54) is 60.2 Å². The molecule has 0 saturated heterocycles. The average Bonchev–Trinajstić information content (AvgIpc) is 1.75. The van der Waals surface area contributed by atoms with Gasteiger partial charge in [0.05, 0.1) is 88.5 Å². The number of aromatic amines is 3. The van der Waals surface area contributed by atoms with Crippen molar-refractivity contribution in [1.29, 1.82) is 0 Å². The van der Waals surface area contributed by atoms with Gasteiger partial charge in [-0.25, -0.2) is 4.98 Å². The molecular formula is C101H140N22O12. The highest BCUT2D eigenvalue weighted by molar-refractivity contribution is 5.96. The molecule has 0 fully saturated rings. The third-order valence-electron chi connectivity index (χ3n) is 24.7. The van der Waals surface area contributed by atoms with Crippen molar-refractivity contribution in [1.82, 2.24) is 79.2 Å². The van der Waals surface area contributed by atoms with Crippen LogP contribution in [-0.4, -0.2) is 308 Å². The first kappa shape index (κ1) is 106. The van der Waals surface area contributed by atoms with E-state index in [0.29, 0.717) is 112 Å². The largest absolute Gasteiger partial charge is 0.368 e. The van der Waals surface area contributed by atoms with Crippen LogP contribution < -0.4 is 39.7 Å². The Balaban J connectivity index is 1.00. The number of imidazole rings is 1. The number of hydrogen-bond donors (Lipinski definition) is 10. The Bertz CT molecular complexity index is 5200. The number of para-hydroxylation sites is 2. The number of hydrogen-bond acceptors (Lipinski definition) is 19. The van der Waals surface area contributed by atoms with Crippen LogP contribution >= 0.6 is 0 Å². The Hall–Kier alpha value is -13.0. The van der Waals surface area contributed by atoms with Crippen LogP contribution in [0.4, 0.5) is 0 Å². The number of nitrogens with one attached hydrogen (secondary N) is 4. The number of rotatable bonds is 61. The van der Waals surface area contributed by atoms with Crippen LogP contribution in [0.3, 0.4) is 0 Å². The van der Waals surface area contributed by atoms with Crippen molar-refractivity contribution < 1.29 is 57.5 Å². The monoisotopic (exact) mass is 1850 g/mol. The maximum atomic E-state index is 16.1. The molecular weight excluding hydrogens is 1710 g/mol. The zero-order valence-electron chi connectivity index (χ0n) is 78.9. The fourth-order valence-corrected chi connectivity index (χ4v) is 16.5. The number of fused-ring (bicyclic) bond motifs is 2. The van der Waals surface area contributed by atoms with E-state index in [4.69, 9.17) is 34.4 Å². The van der Waals surface area contributed by atoms with Gasteiger partial charge in [-0.3, -0.25) is 57.5 Å². The summed E-state index contributed by atoms with van der Waals surface area (Å²) >= 11 is 0. The van der Waals surface area contributed by atoms with Crippen LogP contribution in [-0.2, 0) is 76.8 Å². The molecule has 0 saturated carbocycles. The van der Waals surface area contributed by atoms with Crippen LogP contribution in [0, 0.1) is 0 Å². The second kappa shape index (κ2) is 56.3. The van der Waals surface area contributed by atoms with Crippen molar-refractivity contribution in [2.75, 3.05) is 164 Å². The van der Waals surface area contributed by atoms with E-state index in [0.717, 1.165) is 45.8 Å². The maximum Gasteiger partial charge on any atom is 0.243 e. The van der Waals surface area contributed by atoms with Crippen LogP contribution in [0.15, 0.2) is 195 Å². The Morgan fingerprint density at radius 2 is 0.578 bits per heavy atom. The van der Waals surface area contributed by atoms with Gasteiger partial charge in [-0.2, -0.15) is 0 Å². The second-order valence-electron chi connectivity index (χ2n) is 34.3. The third kappa shape index (κ3) is 33.0. The van der Waals surface area contributed by atoms with Crippen molar-refractivity contribution in [2.45, 2.75) is 135 Å².